The molecule has 0 bridgehead atoms. The van der Waals surface area contributed by atoms with E-state index in [0.29, 0.717) is 6.42 Å². The van der Waals surface area contributed by atoms with Gasteiger partial charge < -0.3 is 11.3 Å². The van der Waals surface area contributed by atoms with E-state index in [0.717, 1.165) is 6.42 Å². The smallest absolute Gasteiger partial charge is 0.316 e. The van der Waals surface area contributed by atoms with E-state index in [4.69, 9.17) is 5.11 Å². The Hall–Kier alpha value is -1.23. The van der Waals surface area contributed by atoms with Crippen LogP contribution >= 0.6 is 0 Å². The predicted molar refractivity (Wildman–Crippen MR) is 60.6 cm³/mol. The fourth-order valence-corrected chi connectivity index (χ4v) is 1.09. The number of carbonyl (C=O) groups is 3. The molecule has 0 aliphatic rings. The minimum Gasteiger partial charge on any atom is -0.481 e. The SMILES string of the molecule is CCCC(=O)CCC(=O)C(C)(C)C(=O)O.N. The minimum absolute atomic E-state index is 0. The number of carboxylic acids is 1. The monoisotopic (exact) mass is 231 g/mol. The summed E-state index contributed by atoms with van der Waals surface area (Å²) < 4.78 is 0. The van der Waals surface area contributed by atoms with Crippen LogP contribution < -0.4 is 6.15 Å². The number of rotatable bonds is 7. The topological polar surface area (TPSA) is 106 Å². The summed E-state index contributed by atoms with van der Waals surface area (Å²) in [6.45, 7) is 4.62. The van der Waals surface area contributed by atoms with E-state index in [9.17, 15) is 14.4 Å². The lowest BCUT2D eigenvalue weighted by molar-refractivity contribution is -0.153. The van der Waals surface area contributed by atoms with E-state index < -0.39 is 11.4 Å². The molecule has 0 atom stereocenters. The first-order valence-electron chi connectivity index (χ1n) is 5.10. The van der Waals surface area contributed by atoms with E-state index in [1.165, 1.54) is 13.8 Å². The van der Waals surface area contributed by atoms with E-state index >= 15 is 0 Å². The summed E-state index contributed by atoms with van der Waals surface area (Å²) in [6.07, 6.45) is 1.40. The predicted octanol–water partition coefficient (Wildman–Crippen LogP) is 1.98. The van der Waals surface area contributed by atoms with Gasteiger partial charge in [0.05, 0.1) is 0 Å². The molecule has 0 aromatic rings. The molecule has 0 aromatic carbocycles. The molecule has 0 fully saturated rings. The van der Waals surface area contributed by atoms with Gasteiger partial charge in [-0.1, -0.05) is 6.92 Å². The number of carboxylic acid groups (broad SMARTS) is 1. The fourth-order valence-electron chi connectivity index (χ4n) is 1.09. The van der Waals surface area contributed by atoms with Crippen molar-refractivity contribution < 1.29 is 19.5 Å². The van der Waals surface area contributed by atoms with Crippen LogP contribution in [0.25, 0.3) is 0 Å². The number of Topliss-reactive ketones (excluding diaryl/α,β-unsaturated/α-hetero) is 2. The number of hydrogen-bond donors (Lipinski definition) is 2. The van der Waals surface area contributed by atoms with Crippen molar-refractivity contribution in [2.24, 2.45) is 5.41 Å². The molecular formula is C11H21NO4. The molecule has 5 heteroatoms. The summed E-state index contributed by atoms with van der Waals surface area (Å²) in [5.74, 6) is -1.51. The number of carbonyl (C=O) groups excluding carboxylic acids is 2. The van der Waals surface area contributed by atoms with Crippen molar-refractivity contribution in [1.29, 1.82) is 0 Å². The van der Waals surface area contributed by atoms with Gasteiger partial charge in [-0.25, -0.2) is 0 Å². The van der Waals surface area contributed by atoms with Crippen molar-refractivity contribution in [3.8, 4) is 0 Å². The van der Waals surface area contributed by atoms with E-state index in [2.05, 4.69) is 0 Å². The summed E-state index contributed by atoms with van der Waals surface area (Å²) in [6, 6.07) is 0. The van der Waals surface area contributed by atoms with Crippen molar-refractivity contribution in [3.63, 3.8) is 0 Å². The molecule has 0 rings (SSSR count). The molecule has 0 aliphatic heterocycles. The quantitative estimate of drug-likeness (QED) is 0.651. The van der Waals surface area contributed by atoms with Crippen LogP contribution in [-0.2, 0) is 14.4 Å². The highest BCUT2D eigenvalue weighted by Gasteiger charge is 2.35. The molecule has 0 saturated heterocycles. The van der Waals surface area contributed by atoms with Gasteiger partial charge in [-0.05, 0) is 20.3 Å². The molecule has 0 unspecified atom stereocenters. The Morgan fingerprint density at radius 2 is 1.56 bits per heavy atom. The molecule has 0 aromatic heterocycles. The van der Waals surface area contributed by atoms with Crippen LogP contribution in [0.3, 0.4) is 0 Å². The summed E-state index contributed by atoms with van der Waals surface area (Å²) >= 11 is 0. The standard InChI is InChI=1S/C11H18O4.H3N/c1-4-5-8(12)6-7-9(13)11(2,3)10(14)15;/h4-7H2,1-3H3,(H,14,15);1H3. The van der Waals surface area contributed by atoms with Crippen LogP contribution in [0.5, 0.6) is 0 Å². The highest BCUT2D eigenvalue weighted by Crippen LogP contribution is 2.19. The zero-order valence-electron chi connectivity index (χ0n) is 10.2. The first-order valence-corrected chi connectivity index (χ1v) is 5.10. The highest BCUT2D eigenvalue weighted by atomic mass is 16.4. The van der Waals surface area contributed by atoms with Gasteiger partial charge in [0.2, 0.25) is 0 Å². The van der Waals surface area contributed by atoms with Crippen molar-refractivity contribution in [1.82, 2.24) is 6.15 Å². The second kappa shape index (κ2) is 7.11. The van der Waals surface area contributed by atoms with Gasteiger partial charge in [-0.3, -0.25) is 14.4 Å². The second-order valence-electron chi connectivity index (χ2n) is 4.14. The van der Waals surface area contributed by atoms with Crippen LogP contribution in [0.4, 0.5) is 0 Å². The highest BCUT2D eigenvalue weighted by molar-refractivity contribution is 6.03. The first-order chi connectivity index (χ1) is 6.82. The summed E-state index contributed by atoms with van der Waals surface area (Å²) in [5.41, 5.74) is -1.38. The van der Waals surface area contributed by atoms with Crippen LogP contribution in [0.2, 0.25) is 0 Å². The van der Waals surface area contributed by atoms with Crippen molar-refractivity contribution in [3.05, 3.63) is 0 Å². The van der Waals surface area contributed by atoms with Crippen LogP contribution in [0, 0.1) is 5.41 Å². The Balaban J connectivity index is 0. The Kier molecular flexibility index (Phi) is 7.63. The Labute approximate surface area is 95.8 Å². The molecule has 0 amide bonds. The van der Waals surface area contributed by atoms with E-state index in [1.54, 1.807) is 0 Å². The largest absolute Gasteiger partial charge is 0.481 e. The third kappa shape index (κ3) is 5.02. The maximum Gasteiger partial charge on any atom is 0.316 e. The van der Waals surface area contributed by atoms with Gasteiger partial charge in [0, 0.05) is 19.3 Å². The number of aliphatic carboxylic acids is 1. The minimum atomic E-state index is -1.38. The van der Waals surface area contributed by atoms with Crippen LogP contribution in [-0.4, -0.2) is 22.6 Å². The Bertz CT molecular complexity index is 271. The molecule has 0 aliphatic carbocycles. The number of ketones is 2. The first kappa shape index (κ1) is 17.2. The molecule has 4 N–H and O–H groups in total. The lowest BCUT2D eigenvalue weighted by atomic mass is 9.85. The van der Waals surface area contributed by atoms with Gasteiger partial charge in [0.15, 0.2) is 0 Å². The molecule has 0 saturated carbocycles. The fraction of sp³-hybridized carbons (Fsp3) is 0.727. The maximum atomic E-state index is 11.5. The van der Waals surface area contributed by atoms with E-state index in [1.807, 2.05) is 6.92 Å². The third-order valence-electron chi connectivity index (χ3n) is 2.39. The molecule has 0 radical (unpaired) electrons. The van der Waals surface area contributed by atoms with Gasteiger partial charge in [-0.15, -0.1) is 0 Å². The van der Waals surface area contributed by atoms with Crippen LogP contribution in [0.15, 0.2) is 0 Å². The molecule has 0 spiro atoms. The van der Waals surface area contributed by atoms with Crippen LogP contribution in [0.1, 0.15) is 46.5 Å². The zero-order chi connectivity index (χ0) is 12.1. The Morgan fingerprint density at radius 3 is 1.94 bits per heavy atom. The summed E-state index contributed by atoms with van der Waals surface area (Å²) in [5, 5.41) is 8.77. The maximum absolute atomic E-state index is 11.5. The van der Waals surface area contributed by atoms with Gasteiger partial charge in [0.1, 0.15) is 17.0 Å². The zero-order valence-corrected chi connectivity index (χ0v) is 10.2. The van der Waals surface area contributed by atoms with Crippen molar-refractivity contribution in [2.75, 3.05) is 0 Å². The average molecular weight is 231 g/mol. The van der Waals surface area contributed by atoms with Crippen molar-refractivity contribution in [2.45, 2.75) is 46.5 Å². The summed E-state index contributed by atoms with van der Waals surface area (Å²) in [7, 11) is 0. The molecule has 5 nitrogen and oxygen atoms in total. The number of hydrogen-bond acceptors (Lipinski definition) is 4. The molecule has 16 heavy (non-hydrogen) atoms. The van der Waals surface area contributed by atoms with E-state index in [-0.39, 0.29) is 30.6 Å². The Morgan fingerprint density at radius 1 is 1.06 bits per heavy atom. The molecule has 0 heterocycles. The summed E-state index contributed by atoms with van der Waals surface area (Å²) in [4.78, 5) is 33.4. The molecular weight excluding hydrogens is 210 g/mol. The molecule has 94 valence electrons. The second-order valence-corrected chi connectivity index (χ2v) is 4.14. The average Bonchev–Trinajstić information content (AvgIpc) is 2.14. The normalized spacial score (nSPS) is 10.4. The lowest BCUT2D eigenvalue weighted by Gasteiger charge is -2.16. The van der Waals surface area contributed by atoms with Crippen molar-refractivity contribution >= 4 is 17.5 Å². The van der Waals surface area contributed by atoms with Gasteiger partial charge in [-0.2, -0.15) is 0 Å². The van der Waals surface area contributed by atoms with Gasteiger partial charge in [0.25, 0.3) is 0 Å². The lowest BCUT2D eigenvalue weighted by Crippen LogP contribution is -2.33. The third-order valence-corrected chi connectivity index (χ3v) is 2.39. The van der Waals surface area contributed by atoms with Gasteiger partial charge >= 0.3 is 5.97 Å².